The average molecular weight is 371 g/mol. The van der Waals surface area contributed by atoms with Crippen molar-refractivity contribution < 1.29 is 4.39 Å². The van der Waals surface area contributed by atoms with E-state index in [4.69, 9.17) is 11.6 Å². The second-order valence-electron chi connectivity index (χ2n) is 6.71. The highest BCUT2D eigenvalue weighted by Gasteiger charge is 2.23. The van der Waals surface area contributed by atoms with Crippen LogP contribution in [0.25, 0.3) is 10.9 Å². The van der Waals surface area contributed by atoms with Crippen molar-refractivity contribution in [3.8, 4) is 0 Å². The van der Waals surface area contributed by atoms with Crippen molar-refractivity contribution in [2.24, 2.45) is 0 Å². The molecule has 6 heteroatoms. The monoisotopic (exact) mass is 370 g/mol. The van der Waals surface area contributed by atoms with Gasteiger partial charge in [-0.15, -0.1) is 0 Å². The summed E-state index contributed by atoms with van der Waals surface area (Å²) in [5.74, 6) is 0.311. The van der Waals surface area contributed by atoms with Crippen LogP contribution >= 0.6 is 11.6 Å². The Balaban J connectivity index is 1.68. The molecule has 0 saturated carbocycles. The van der Waals surface area contributed by atoms with E-state index in [0.29, 0.717) is 18.3 Å². The van der Waals surface area contributed by atoms with E-state index in [9.17, 15) is 4.39 Å². The van der Waals surface area contributed by atoms with Crippen molar-refractivity contribution in [2.75, 3.05) is 18.9 Å². The summed E-state index contributed by atoms with van der Waals surface area (Å²) in [6, 6.07) is 6.78. The van der Waals surface area contributed by atoms with Gasteiger partial charge in [0.15, 0.2) is 0 Å². The van der Waals surface area contributed by atoms with Crippen molar-refractivity contribution in [1.82, 2.24) is 14.9 Å². The predicted octanol–water partition coefficient (Wildman–Crippen LogP) is 5.07. The number of hydrogen-bond donors (Lipinski definition) is 1. The van der Waals surface area contributed by atoms with Crippen LogP contribution in [0.5, 0.6) is 0 Å². The molecule has 1 aliphatic heterocycles. The smallest absolute Gasteiger partial charge is 0.141 e. The summed E-state index contributed by atoms with van der Waals surface area (Å²) in [4.78, 5) is 11.2. The lowest BCUT2D eigenvalue weighted by atomic mass is 10.0. The van der Waals surface area contributed by atoms with E-state index in [2.05, 4.69) is 39.4 Å². The highest BCUT2D eigenvalue weighted by molar-refractivity contribution is 6.30. The van der Waals surface area contributed by atoms with E-state index in [0.717, 1.165) is 29.6 Å². The van der Waals surface area contributed by atoms with Gasteiger partial charge in [-0.3, -0.25) is 4.90 Å². The zero-order valence-electron chi connectivity index (χ0n) is 14.5. The average Bonchev–Trinajstić information content (AvgIpc) is 3.02. The predicted molar refractivity (Wildman–Crippen MR) is 104 cm³/mol. The minimum atomic E-state index is -0.404. The van der Waals surface area contributed by atoms with Crippen LogP contribution in [-0.4, -0.2) is 28.5 Å². The molecule has 0 amide bonds. The zero-order chi connectivity index (χ0) is 18.1. The molecule has 1 unspecified atom stereocenters. The number of halogens is 2. The first-order valence-electron chi connectivity index (χ1n) is 8.76. The number of hydrogen-bond acceptors (Lipinski definition) is 4. The number of aromatic nitrogens is 2. The molecule has 1 N–H and O–H groups in total. The molecule has 2 heterocycles. The first-order valence-corrected chi connectivity index (χ1v) is 9.14. The molecule has 0 radical (unpaired) electrons. The molecule has 4 rings (SSSR count). The van der Waals surface area contributed by atoms with Gasteiger partial charge in [-0.1, -0.05) is 23.7 Å². The molecular weight excluding hydrogens is 351 g/mol. The molecule has 1 aromatic carbocycles. The first-order chi connectivity index (χ1) is 12.6. The van der Waals surface area contributed by atoms with E-state index in [1.165, 1.54) is 18.1 Å². The Labute approximate surface area is 157 Å². The summed E-state index contributed by atoms with van der Waals surface area (Å²) in [6.45, 7) is 1.12. The van der Waals surface area contributed by atoms with Crippen LogP contribution in [-0.2, 0) is 0 Å². The minimum Gasteiger partial charge on any atom is -0.340 e. The Hall–Kier alpha value is -2.24. The highest BCUT2D eigenvalue weighted by atomic mass is 35.5. The lowest BCUT2D eigenvalue weighted by Crippen LogP contribution is -2.17. The van der Waals surface area contributed by atoms with Crippen LogP contribution in [0.3, 0.4) is 0 Å². The Kier molecular flexibility index (Phi) is 4.74. The second kappa shape index (κ2) is 7.17. The van der Waals surface area contributed by atoms with Gasteiger partial charge in [0.05, 0.1) is 10.5 Å². The second-order valence-corrected chi connectivity index (χ2v) is 7.17. The topological polar surface area (TPSA) is 41.1 Å². The number of benzene rings is 1. The summed E-state index contributed by atoms with van der Waals surface area (Å²) in [5, 5.41) is 4.46. The van der Waals surface area contributed by atoms with E-state index in [1.807, 2.05) is 12.1 Å². The van der Waals surface area contributed by atoms with Crippen molar-refractivity contribution in [2.45, 2.75) is 25.3 Å². The number of nitrogens with one attached hydrogen (secondary N) is 1. The van der Waals surface area contributed by atoms with Gasteiger partial charge in [-0.2, -0.15) is 0 Å². The highest BCUT2D eigenvalue weighted by Crippen LogP contribution is 2.33. The number of rotatable bonds is 3. The van der Waals surface area contributed by atoms with Crippen molar-refractivity contribution in [3.05, 3.63) is 64.9 Å². The minimum absolute atomic E-state index is 0.206. The number of fused-ring (bicyclic) bond motifs is 1. The van der Waals surface area contributed by atoms with E-state index < -0.39 is 5.83 Å². The lowest BCUT2D eigenvalue weighted by Gasteiger charge is -2.20. The van der Waals surface area contributed by atoms with Gasteiger partial charge in [-0.25, -0.2) is 14.4 Å². The number of anilines is 1. The number of nitrogens with zero attached hydrogens (tertiary/aromatic N) is 3. The van der Waals surface area contributed by atoms with Crippen LogP contribution in [0, 0.1) is 0 Å². The Bertz CT molecular complexity index is 935. The molecule has 0 bridgehead atoms. The first kappa shape index (κ1) is 17.2. The van der Waals surface area contributed by atoms with Gasteiger partial charge in [0.1, 0.15) is 18.0 Å². The molecule has 2 aliphatic rings. The van der Waals surface area contributed by atoms with Crippen molar-refractivity contribution in [3.63, 3.8) is 0 Å². The van der Waals surface area contributed by atoms with E-state index in [-0.39, 0.29) is 5.03 Å². The quantitative estimate of drug-likeness (QED) is 0.818. The summed E-state index contributed by atoms with van der Waals surface area (Å²) < 4.78 is 13.6. The standard InChI is InChI=1S/C20H20ClFN4/c1-26-10-2-3-19(26)13-4-9-18-15(11-13)20(24-12-23-18)25-14-5-7-16(21)17(22)8-6-14/h4-6,8-9,11-12,19H,2-3,7,10H2,1H3,(H,23,24,25). The Morgan fingerprint density at radius 3 is 2.96 bits per heavy atom. The summed E-state index contributed by atoms with van der Waals surface area (Å²) in [7, 11) is 2.16. The maximum Gasteiger partial charge on any atom is 0.141 e. The molecule has 1 atom stereocenters. The van der Waals surface area contributed by atoms with Gasteiger partial charge >= 0.3 is 0 Å². The maximum atomic E-state index is 13.6. The summed E-state index contributed by atoms with van der Waals surface area (Å²) >= 11 is 5.89. The normalized spacial score (nSPS) is 21.2. The molecule has 1 saturated heterocycles. The summed E-state index contributed by atoms with van der Waals surface area (Å²) in [5.41, 5.74) is 2.92. The molecule has 0 spiro atoms. The van der Waals surface area contributed by atoms with Gasteiger partial charge in [0.25, 0.3) is 0 Å². The molecule has 1 fully saturated rings. The molecule has 1 aromatic heterocycles. The van der Waals surface area contributed by atoms with E-state index in [1.54, 1.807) is 12.4 Å². The molecule has 1 aliphatic carbocycles. The van der Waals surface area contributed by atoms with Crippen LogP contribution in [0.1, 0.15) is 30.9 Å². The SMILES string of the molecule is CN1CCCC1c1ccc2ncnc(NC3=CCC(Cl)=C(F)C=C3)c2c1. The largest absolute Gasteiger partial charge is 0.340 e. The lowest BCUT2D eigenvalue weighted by molar-refractivity contribution is 0.317. The third kappa shape index (κ3) is 3.37. The van der Waals surface area contributed by atoms with Gasteiger partial charge < -0.3 is 5.32 Å². The fraction of sp³-hybridized carbons (Fsp3) is 0.300. The van der Waals surface area contributed by atoms with Gasteiger partial charge in [0, 0.05) is 23.5 Å². The third-order valence-corrected chi connectivity index (χ3v) is 5.33. The van der Waals surface area contributed by atoms with Gasteiger partial charge in [0.2, 0.25) is 0 Å². The third-order valence-electron chi connectivity index (χ3n) is 5.00. The maximum absolute atomic E-state index is 13.6. The van der Waals surface area contributed by atoms with Crippen LogP contribution in [0.15, 0.2) is 59.3 Å². The zero-order valence-corrected chi connectivity index (χ0v) is 15.3. The van der Waals surface area contributed by atoms with Crippen molar-refractivity contribution in [1.29, 1.82) is 0 Å². The van der Waals surface area contributed by atoms with Gasteiger partial charge in [-0.05, 0) is 56.3 Å². The number of allylic oxidation sites excluding steroid dienone is 5. The molecule has 2 aromatic rings. The van der Waals surface area contributed by atoms with Crippen LogP contribution in [0.2, 0.25) is 0 Å². The van der Waals surface area contributed by atoms with E-state index >= 15 is 0 Å². The molecule has 4 nitrogen and oxygen atoms in total. The molecular formula is C20H20ClFN4. The van der Waals surface area contributed by atoms with Crippen LogP contribution in [0.4, 0.5) is 10.2 Å². The fourth-order valence-electron chi connectivity index (χ4n) is 3.56. The molecule has 134 valence electrons. The number of likely N-dealkylation sites (tertiary alicyclic amines) is 1. The Morgan fingerprint density at radius 2 is 2.15 bits per heavy atom. The summed E-state index contributed by atoms with van der Waals surface area (Å²) in [6.07, 6.45) is 9.17. The van der Waals surface area contributed by atoms with Crippen molar-refractivity contribution >= 4 is 28.3 Å². The fourth-order valence-corrected chi connectivity index (χ4v) is 3.70. The van der Waals surface area contributed by atoms with Crippen LogP contribution < -0.4 is 5.32 Å². The Morgan fingerprint density at radius 1 is 1.27 bits per heavy atom. The molecule has 26 heavy (non-hydrogen) atoms.